The third-order valence-electron chi connectivity index (χ3n) is 6.38. The molecular formula is C30H29N5O6. The topological polar surface area (TPSA) is 124 Å². The number of hydrogen-bond acceptors (Lipinski definition) is 10. The van der Waals surface area contributed by atoms with Crippen LogP contribution in [0.25, 0.3) is 0 Å². The van der Waals surface area contributed by atoms with Gasteiger partial charge in [0.15, 0.2) is 11.5 Å². The fraction of sp³-hybridized carbons (Fsp3) is 0.200. The van der Waals surface area contributed by atoms with Crippen LogP contribution in [-0.2, 0) is 0 Å². The molecular weight excluding hydrogens is 526 g/mol. The number of imide groups is 1. The van der Waals surface area contributed by atoms with E-state index in [4.69, 9.17) is 18.9 Å². The highest BCUT2D eigenvalue weighted by Crippen LogP contribution is 2.40. The van der Waals surface area contributed by atoms with Crippen molar-refractivity contribution in [2.24, 2.45) is 0 Å². The summed E-state index contributed by atoms with van der Waals surface area (Å²) in [6.45, 7) is 0.661. The molecule has 1 aliphatic heterocycles. The molecule has 1 aromatic heterocycles. The molecule has 0 fully saturated rings. The molecule has 0 saturated heterocycles. The molecule has 0 spiro atoms. The molecule has 0 bridgehead atoms. The van der Waals surface area contributed by atoms with Crippen LogP contribution in [0.4, 0.5) is 23.1 Å². The van der Waals surface area contributed by atoms with Crippen molar-refractivity contribution in [3.05, 3.63) is 84.1 Å². The maximum Gasteiger partial charge on any atom is 0.261 e. The van der Waals surface area contributed by atoms with Gasteiger partial charge >= 0.3 is 0 Å². The average molecular weight is 556 g/mol. The molecule has 11 heteroatoms. The molecule has 0 unspecified atom stereocenters. The van der Waals surface area contributed by atoms with Crippen molar-refractivity contribution in [2.45, 2.75) is 6.42 Å². The lowest BCUT2D eigenvalue weighted by atomic mass is 10.1. The zero-order chi connectivity index (χ0) is 28.8. The fourth-order valence-corrected chi connectivity index (χ4v) is 4.41. The fourth-order valence-electron chi connectivity index (χ4n) is 4.41. The van der Waals surface area contributed by atoms with Crippen molar-refractivity contribution < 1.29 is 28.5 Å². The molecule has 5 rings (SSSR count). The molecule has 3 aromatic carbocycles. The second-order valence-electron chi connectivity index (χ2n) is 8.96. The van der Waals surface area contributed by atoms with Crippen LogP contribution in [0.15, 0.2) is 72.9 Å². The van der Waals surface area contributed by atoms with Gasteiger partial charge in [0.1, 0.15) is 11.6 Å². The summed E-state index contributed by atoms with van der Waals surface area (Å²) < 4.78 is 22.0. The lowest BCUT2D eigenvalue weighted by molar-refractivity contribution is 0.0646. The zero-order valence-corrected chi connectivity index (χ0v) is 22.8. The third-order valence-corrected chi connectivity index (χ3v) is 6.38. The first kappa shape index (κ1) is 27.3. The van der Waals surface area contributed by atoms with Gasteiger partial charge in [-0.1, -0.05) is 12.1 Å². The van der Waals surface area contributed by atoms with Crippen LogP contribution in [0.3, 0.4) is 0 Å². The van der Waals surface area contributed by atoms with Gasteiger partial charge in [0, 0.05) is 36.2 Å². The average Bonchev–Trinajstić information content (AvgIpc) is 3.24. The number of benzene rings is 3. The predicted molar refractivity (Wildman–Crippen MR) is 153 cm³/mol. The SMILES string of the molecule is COc1cc(Nc2nccc(Nc3ccc(OCCCN4C(=O)c5ccccc5C4=O)cc3)n2)cc(OC)c1OC. The summed E-state index contributed by atoms with van der Waals surface area (Å²) in [5.74, 6) is 2.63. The molecule has 11 nitrogen and oxygen atoms in total. The number of amides is 2. The van der Waals surface area contributed by atoms with Crippen molar-refractivity contribution in [2.75, 3.05) is 45.1 Å². The Labute approximate surface area is 237 Å². The molecule has 2 N–H and O–H groups in total. The van der Waals surface area contributed by atoms with Crippen LogP contribution in [0.1, 0.15) is 27.1 Å². The summed E-state index contributed by atoms with van der Waals surface area (Å²) in [4.78, 5) is 35.0. The highest BCUT2D eigenvalue weighted by Gasteiger charge is 2.34. The van der Waals surface area contributed by atoms with Gasteiger partial charge in [-0.2, -0.15) is 4.98 Å². The minimum Gasteiger partial charge on any atom is -0.494 e. The number of methoxy groups -OCH3 is 3. The van der Waals surface area contributed by atoms with Crippen LogP contribution >= 0.6 is 0 Å². The minimum absolute atomic E-state index is 0.257. The van der Waals surface area contributed by atoms with E-state index < -0.39 is 0 Å². The number of carbonyl (C=O) groups excluding carboxylic acids is 2. The number of rotatable bonds is 12. The molecule has 0 aliphatic carbocycles. The van der Waals surface area contributed by atoms with Gasteiger partial charge in [-0.15, -0.1) is 0 Å². The zero-order valence-electron chi connectivity index (χ0n) is 22.8. The van der Waals surface area contributed by atoms with Gasteiger partial charge in [-0.3, -0.25) is 14.5 Å². The lowest BCUT2D eigenvalue weighted by Crippen LogP contribution is -2.31. The quantitative estimate of drug-likeness (QED) is 0.181. The van der Waals surface area contributed by atoms with Crippen molar-refractivity contribution in [3.8, 4) is 23.0 Å². The molecule has 4 aromatic rings. The van der Waals surface area contributed by atoms with Crippen LogP contribution in [-0.4, -0.2) is 61.2 Å². The highest BCUT2D eigenvalue weighted by atomic mass is 16.5. The van der Waals surface area contributed by atoms with E-state index in [0.29, 0.717) is 71.2 Å². The van der Waals surface area contributed by atoms with Crippen molar-refractivity contribution in [3.63, 3.8) is 0 Å². The Balaban J connectivity index is 1.14. The Morgan fingerprint density at radius 2 is 1.44 bits per heavy atom. The molecule has 210 valence electrons. The molecule has 0 radical (unpaired) electrons. The number of hydrogen-bond donors (Lipinski definition) is 2. The Bertz CT molecular complexity index is 1500. The molecule has 0 saturated carbocycles. The number of nitrogens with zero attached hydrogens (tertiary/aromatic N) is 3. The van der Waals surface area contributed by atoms with E-state index in [9.17, 15) is 9.59 Å². The number of ether oxygens (including phenoxy) is 4. The monoisotopic (exact) mass is 555 g/mol. The number of anilines is 4. The number of fused-ring (bicyclic) bond motifs is 1. The van der Waals surface area contributed by atoms with Crippen molar-refractivity contribution in [1.82, 2.24) is 14.9 Å². The van der Waals surface area contributed by atoms with E-state index in [2.05, 4.69) is 20.6 Å². The lowest BCUT2D eigenvalue weighted by Gasteiger charge is -2.15. The molecule has 0 atom stereocenters. The van der Waals surface area contributed by atoms with E-state index in [1.165, 1.54) is 4.90 Å². The summed E-state index contributed by atoms with van der Waals surface area (Å²) in [5, 5.41) is 6.40. The van der Waals surface area contributed by atoms with Crippen molar-refractivity contribution >= 4 is 35.0 Å². The maximum absolute atomic E-state index is 12.5. The first-order valence-electron chi connectivity index (χ1n) is 12.9. The highest BCUT2D eigenvalue weighted by molar-refractivity contribution is 6.21. The number of aromatic nitrogens is 2. The second kappa shape index (κ2) is 12.2. The Morgan fingerprint density at radius 1 is 0.780 bits per heavy atom. The summed E-state index contributed by atoms with van der Waals surface area (Å²) >= 11 is 0. The normalized spacial score (nSPS) is 12.1. The van der Waals surface area contributed by atoms with Crippen molar-refractivity contribution in [1.29, 1.82) is 0 Å². The van der Waals surface area contributed by atoms with Gasteiger partial charge < -0.3 is 29.6 Å². The smallest absolute Gasteiger partial charge is 0.261 e. The Hall–Kier alpha value is -5.32. The van der Waals surface area contributed by atoms with E-state index in [-0.39, 0.29) is 11.8 Å². The van der Waals surface area contributed by atoms with Crippen LogP contribution in [0, 0.1) is 0 Å². The van der Waals surface area contributed by atoms with E-state index in [0.717, 1.165) is 5.69 Å². The Morgan fingerprint density at radius 3 is 2.05 bits per heavy atom. The van der Waals surface area contributed by atoms with E-state index in [1.807, 2.05) is 24.3 Å². The molecule has 1 aliphatic rings. The largest absolute Gasteiger partial charge is 0.494 e. The standard InChI is InChI=1S/C30H29N5O6/c1-38-24-17-20(18-25(39-2)27(24)40-3)33-30-31-14-13-26(34-30)32-19-9-11-21(12-10-19)41-16-6-15-35-28(36)22-7-4-5-8-23(22)29(35)37/h4-5,7-14,17-18H,6,15-16H2,1-3H3,(H2,31,32,33,34). The predicted octanol–water partition coefficient (Wildman–Crippen LogP) is 5.05. The summed E-state index contributed by atoms with van der Waals surface area (Å²) in [6, 6.07) is 19.6. The van der Waals surface area contributed by atoms with E-state index >= 15 is 0 Å². The van der Waals surface area contributed by atoms with Gasteiger partial charge in [0.25, 0.3) is 11.8 Å². The van der Waals surface area contributed by atoms with Crippen LogP contribution < -0.4 is 29.6 Å². The maximum atomic E-state index is 12.5. The van der Waals surface area contributed by atoms with E-state index in [1.54, 1.807) is 70.0 Å². The molecule has 41 heavy (non-hydrogen) atoms. The molecule has 2 heterocycles. The van der Waals surface area contributed by atoms with Gasteiger partial charge in [0.2, 0.25) is 11.7 Å². The second-order valence-corrected chi connectivity index (χ2v) is 8.96. The summed E-state index contributed by atoms with van der Waals surface area (Å²) in [7, 11) is 4.65. The molecule has 2 amide bonds. The summed E-state index contributed by atoms with van der Waals surface area (Å²) in [5.41, 5.74) is 2.38. The van der Waals surface area contributed by atoms with Crippen LogP contribution in [0.2, 0.25) is 0 Å². The van der Waals surface area contributed by atoms with Gasteiger partial charge in [-0.05, 0) is 48.9 Å². The number of carbonyl (C=O) groups is 2. The third kappa shape index (κ3) is 5.98. The van der Waals surface area contributed by atoms with Gasteiger partial charge in [0.05, 0.1) is 39.1 Å². The minimum atomic E-state index is -0.257. The number of nitrogens with one attached hydrogen (secondary N) is 2. The van der Waals surface area contributed by atoms with Crippen LogP contribution in [0.5, 0.6) is 23.0 Å². The first-order chi connectivity index (χ1) is 20.0. The van der Waals surface area contributed by atoms with Gasteiger partial charge in [-0.25, -0.2) is 4.98 Å². The Kier molecular flexibility index (Phi) is 8.14. The first-order valence-corrected chi connectivity index (χ1v) is 12.9. The summed E-state index contributed by atoms with van der Waals surface area (Å²) in [6.07, 6.45) is 2.16.